The lowest BCUT2D eigenvalue weighted by molar-refractivity contribution is -0.134. The van der Waals surface area contributed by atoms with E-state index in [2.05, 4.69) is 16.8 Å². The highest BCUT2D eigenvalue weighted by molar-refractivity contribution is 5.76. The first kappa shape index (κ1) is 13.4. The predicted molar refractivity (Wildman–Crippen MR) is 73.9 cm³/mol. The second kappa shape index (κ2) is 5.41. The lowest BCUT2D eigenvalue weighted by Gasteiger charge is -2.39. The van der Waals surface area contributed by atoms with Crippen molar-refractivity contribution in [1.82, 2.24) is 9.80 Å². The minimum absolute atomic E-state index is 0.358. The van der Waals surface area contributed by atoms with E-state index in [0.29, 0.717) is 23.7 Å². The number of rotatable bonds is 2. The molecule has 4 heteroatoms. The molecule has 108 valence electrons. The number of carbonyl (C=O) groups excluding carboxylic acids is 1. The summed E-state index contributed by atoms with van der Waals surface area (Å²) in [5, 5.41) is 0. The van der Waals surface area contributed by atoms with Gasteiger partial charge in [0.25, 0.3) is 0 Å². The molecule has 3 saturated heterocycles. The fourth-order valence-electron chi connectivity index (χ4n) is 3.92. The smallest absolute Gasteiger partial charge is 0.222 e. The van der Waals surface area contributed by atoms with E-state index in [1.807, 2.05) is 0 Å². The van der Waals surface area contributed by atoms with Crippen molar-refractivity contribution in [3.8, 4) is 0 Å². The molecule has 0 aromatic carbocycles. The molecule has 19 heavy (non-hydrogen) atoms. The van der Waals surface area contributed by atoms with E-state index in [1.54, 1.807) is 0 Å². The molecular weight excluding hydrogens is 240 g/mol. The van der Waals surface area contributed by atoms with Crippen LogP contribution < -0.4 is 0 Å². The maximum Gasteiger partial charge on any atom is 0.222 e. The van der Waals surface area contributed by atoms with Crippen LogP contribution in [0, 0.1) is 11.3 Å². The standard InChI is InChI=1S/C15H26N2O2/c1-16-6-3-15(12-16)4-7-17(8-5-15)14(18)10-13-2-9-19-11-13/h13H,2-12H2,1H3. The molecule has 0 bridgehead atoms. The van der Waals surface area contributed by atoms with Gasteiger partial charge in [-0.2, -0.15) is 0 Å². The van der Waals surface area contributed by atoms with E-state index >= 15 is 0 Å². The van der Waals surface area contributed by atoms with Crippen molar-refractivity contribution in [3.63, 3.8) is 0 Å². The zero-order valence-corrected chi connectivity index (χ0v) is 12.1. The molecule has 3 aliphatic heterocycles. The number of hydrogen-bond acceptors (Lipinski definition) is 3. The molecule has 1 unspecified atom stereocenters. The fraction of sp³-hybridized carbons (Fsp3) is 0.933. The van der Waals surface area contributed by atoms with Crippen molar-refractivity contribution in [1.29, 1.82) is 0 Å². The molecule has 0 aromatic rings. The minimum Gasteiger partial charge on any atom is -0.381 e. The van der Waals surface area contributed by atoms with Gasteiger partial charge in [0.15, 0.2) is 0 Å². The molecule has 1 spiro atoms. The summed E-state index contributed by atoms with van der Waals surface area (Å²) < 4.78 is 5.36. The van der Waals surface area contributed by atoms with Gasteiger partial charge in [0.1, 0.15) is 0 Å². The molecule has 1 amide bonds. The van der Waals surface area contributed by atoms with Crippen molar-refractivity contribution < 1.29 is 9.53 Å². The largest absolute Gasteiger partial charge is 0.381 e. The second-order valence-electron chi connectivity index (χ2n) is 6.80. The molecule has 3 aliphatic rings. The SMILES string of the molecule is CN1CCC2(CCN(C(=O)CC3CCOC3)CC2)C1. The van der Waals surface area contributed by atoms with Gasteiger partial charge in [-0.15, -0.1) is 0 Å². The van der Waals surface area contributed by atoms with Gasteiger partial charge in [-0.1, -0.05) is 0 Å². The lowest BCUT2D eigenvalue weighted by Crippen LogP contribution is -2.44. The van der Waals surface area contributed by atoms with Gasteiger partial charge in [0.05, 0.1) is 0 Å². The third-order valence-electron chi connectivity index (χ3n) is 5.29. The average molecular weight is 266 g/mol. The summed E-state index contributed by atoms with van der Waals surface area (Å²) in [5.41, 5.74) is 0.516. The minimum atomic E-state index is 0.358. The monoisotopic (exact) mass is 266 g/mol. The maximum atomic E-state index is 12.3. The molecule has 0 radical (unpaired) electrons. The van der Waals surface area contributed by atoms with Gasteiger partial charge in [0, 0.05) is 39.3 Å². The predicted octanol–water partition coefficient (Wildman–Crippen LogP) is 1.36. The highest BCUT2D eigenvalue weighted by Crippen LogP contribution is 2.39. The van der Waals surface area contributed by atoms with Gasteiger partial charge in [-0.25, -0.2) is 0 Å². The number of likely N-dealkylation sites (tertiary alicyclic amines) is 2. The summed E-state index contributed by atoms with van der Waals surface area (Å²) in [6.45, 7) is 6.03. The molecular formula is C15H26N2O2. The Balaban J connectivity index is 1.48. The van der Waals surface area contributed by atoms with Crippen LogP contribution in [0.4, 0.5) is 0 Å². The van der Waals surface area contributed by atoms with Crippen molar-refractivity contribution >= 4 is 5.91 Å². The molecule has 0 saturated carbocycles. The molecule has 3 heterocycles. The van der Waals surface area contributed by atoms with Gasteiger partial charge in [-0.05, 0) is 50.6 Å². The van der Waals surface area contributed by atoms with Crippen LogP contribution in [0.2, 0.25) is 0 Å². The first-order chi connectivity index (χ1) is 9.17. The molecule has 1 atom stereocenters. The third kappa shape index (κ3) is 2.95. The molecule has 0 N–H and O–H groups in total. The Morgan fingerprint density at radius 3 is 2.58 bits per heavy atom. The van der Waals surface area contributed by atoms with E-state index < -0.39 is 0 Å². The Morgan fingerprint density at radius 2 is 2.00 bits per heavy atom. The summed E-state index contributed by atoms with van der Waals surface area (Å²) in [6.07, 6.45) is 5.48. The van der Waals surface area contributed by atoms with Gasteiger partial charge >= 0.3 is 0 Å². The topological polar surface area (TPSA) is 32.8 Å². The van der Waals surface area contributed by atoms with Crippen LogP contribution in [0.25, 0.3) is 0 Å². The van der Waals surface area contributed by atoms with Crippen LogP contribution in [0.3, 0.4) is 0 Å². The van der Waals surface area contributed by atoms with E-state index in [1.165, 1.54) is 32.4 Å². The zero-order chi connectivity index (χ0) is 13.3. The van der Waals surface area contributed by atoms with E-state index in [4.69, 9.17) is 4.74 Å². The van der Waals surface area contributed by atoms with Crippen LogP contribution in [-0.4, -0.2) is 62.1 Å². The zero-order valence-electron chi connectivity index (χ0n) is 12.1. The quantitative estimate of drug-likeness (QED) is 0.756. The third-order valence-corrected chi connectivity index (χ3v) is 5.29. The Hall–Kier alpha value is -0.610. The van der Waals surface area contributed by atoms with Crippen LogP contribution in [0.5, 0.6) is 0 Å². The van der Waals surface area contributed by atoms with E-state index in [-0.39, 0.29) is 0 Å². The summed E-state index contributed by atoms with van der Waals surface area (Å²) >= 11 is 0. The van der Waals surface area contributed by atoms with Crippen molar-refractivity contribution in [2.75, 3.05) is 46.4 Å². The first-order valence-electron chi connectivity index (χ1n) is 7.71. The number of amides is 1. The molecule has 0 aromatic heterocycles. The normalized spacial score (nSPS) is 31.2. The lowest BCUT2D eigenvalue weighted by atomic mass is 9.77. The van der Waals surface area contributed by atoms with Crippen molar-refractivity contribution in [3.05, 3.63) is 0 Å². The highest BCUT2D eigenvalue weighted by Gasteiger charge is 2.40. The van der Waals surface area contributed by atoms with Crippen molar-refractivity contribution in [2.45, 2.75) is 32.1 Å². The Kier molecular flexibility index (Phi) is 3.81. The van der Waals surface area contributed by atoms with E-state index in [0.717, 1.165) is 32.7 Å². The Morgan fingerprint density at radius 1 is 1.26 bits per heavy atom. The number of hydrogen-bond donors (Lipinski definition) is 0. The molecule has 0 aliphatic carbocycles. The Labute approximate surface area is 116 Å². The summed E-state index contributed by atoms with van der Waals surface area (Å²) in [5.74, 6) is 0.831. The van der Waals surface area contributed by atoms with Crippen LogP contribution in [0.15, 0.2) is 0 Å². The van der Waals surface area contributed by atoms with Gasteiger partial charge in [0.2, 0.25) is 5.91 Å². The second-order valence-corrected chi connectivity index (χ2v) is 6.80. The van der Waals surface area contributed by atoms with Crippen LogP contribution in [-0.2, 0) is 9.53 Å². The number of nitrogens with zero attached hydrogens (tertiary/aromatic N) is 2. The van der Waals surface area contributed by atoms with Gasteiger partial charge < -0.3 is 14.5 Å². The molecule has 3 rings (SSSR count). The number of carbonyl (C=O) groups is 1. The summed E-state index contributed by atoms with van der Waals surface area (Å²) in [7, 11) is 2.21. The first-order valence-corrected chi connectivity index (χ1v) is 7.71. The number of piperidine rings is 1. The van der Waals surface area contributed by atoms with Gasteiger partial charge in [-0.3, -0.25) is 4.79 Å². The molecule has 3 fully saturated rings. The van der Waals surface area contributed by atoms with E-state index in [9.17, 15) is 4.79 Å². The van der Waals surface area contributed by atoms with Crippen molar-refractivity contribution in [2.24, 2.45) is 11.3 Å². The fourth-order valence-corrected chi connectivity index (χ4v) is 3.92. The molecule has 4 nitrogen and oxygen atoms in total. The summed E-state index contributed by atoms with van der Waals surface area (Å²) in [6, 6.07) is 0. The van der Waals surface area contributed by atoms with Crippen LogP contribution in [0.1, 0.15) is 32.1 Å². The summed E-state index contributed by atoms with van der Waals surface area (Å²) in [4.78, 5) is 16.8. The Bertz CT molecular complexity index is 331. The number of ether oxygens (including phenoxy) is 1. The highest BCUT2D eigenvalue weighted by atomic mass is 16.5. The average Bonchev–Trinajstić information content (AvgIpc) is 3.01. The van der Waals surface area contributed by atoms with Crippen LogP contribution >= 0.6 is 0 Å². The maximum absolute atomic E-state index is 12.3.